The van der Waals surface area contributed by atoms with Crippen molar-refractivity contribution in [2.45, 2.75) is 4.90 Å². The molecule has 1 aromatic carbocycles. The fraction of sp³-hybridized carbons (Fsp3) is 0.222. The van der Waals surface area contributed by atoms with Crippen LogP contribution in [0.2, 0.25) is 0 Å². The van der Waals surface area contributed by atoms with E-state index in [1.807, 2.05) is 0 Å². The summed E-state index contributed by atoms with van der Waals surface area (Å²) >= 11 is 0. The summed E-state index contributed by atoms with van der Waals surface area (Å²) in [5.41, 5.74) is -0.486. The highest BCUT2D eigenvalue weighted by Crippen LogP contribution is 2.23. The first-order chi connectivity index (χ1) is 7.80. The van der Waals surface area contributed by atoms with Crippen molar-refractivity contribution < 1.29 is 18.1 Å². The molecule has 0 N–H and O–H groups in total. The maximum absolute atomic E-state index is 11.8. The maximum Gasteiger partial charge on any atom is 0.270 e. The average Bonchev–Trinajstić information content (AvgIpc) is 2.27. The molecule has 0 spiro atoms. The molecule has 0 heterocycles. The molecule has 0 radical (unpaired) electrons. The number of non-ortho nitro benzene ring substituents is 1. The molecule has 0 bridgehead atoms. The van der Waals surface area contributed by atoms with Crippen molar-refractivity contribution in [2.75, 3.05) is 14.1 Å². The lowest BCUT2D eigenvalue weighted by atomic mass is 10.2. The summed E-state index contributed by atoms with van der Waals surface area (Å²) in [6.07, 6.45) is 0.347. The Bertz CT molecular complexity index is 565. The number of carbonyl (C=O) groups is 1. The minimum atomic E-state index is -3.88. The number of carbonyl (C=O) groups excluding carboxylic acids is 1. The number of nitro benzene ring substituents is 1. The van der Waals surface area contributed by atoms with Crippen LogP contribution in [0.15, 0.2) is 23.1 Å². The Balaban J connectivity index is 3.55. The molecule has 1 aromatic rings. The van der Waals surface area contributed by atoms with Crippen LogP contribution < -0.4 is 0 Å². The van der Waals surface area contributed by atoms with Crippen LogP contribution in [0.3, 0.4) is 0 Å². The molecule has 7 nitrogen and oxygen atoms in total. The minimum Gasteiger partial charge on any atom is -0.298 e. The number of sulfonamides is 1. The molecule has 0 aromatic heterocycles. The largest absolute Gasteiger partial charge is 0.298 e. The number of nitro groups is 1. The van der Waals surface area contributed by atoms with Crippen LogP contribution in [0.1, 0.15) is 10.4 Å². The number of nitrogens with zero attached hydrogens (tertiary/aromatic N) is 2. The molecule has 1 rings (SSSR count). The van der Waals surface area contributed by atoms with E-state index in [4.69, 9.17) is 0 Å². The monoisotopic (exact) mass is 258 g/mol. The smallest absolute Gasteiger partial charge is 0.270 e. The minimum absolute atomic E-state index is 0.107. The Morgan fingerprint density at radius 2 is 1.94 bits per heavy atom. The van der Waals surface area contributed by atoms with E-state index in [1.165, 1.54) is 14.1 Å². The van der Waals surface area contributed by atoms with Crippen LogP contribution in [0.4, 0.5) is 5.69 Å². The van der Waals surface area contributed by atoms with Gasteiger partial charge in [0.25, 0.3) is 5.69 Å². The quantitative estimate of drug-likeness (QED) is 0.449. The van der Waals surface area contributed by atoms with Gasteiger partial charge < -0.3 is 0 Å². The van der Waals surface area contributed by atoms with Crippen LogP contribution >= 0.6 is 0 Å². The van der Waals surface area contributed by atoms with Crippen LogP contribution in [-0.4, -0.2) is 38.0 Å². The molecule has 92 valence electrons. The van der Waals surface area contributed by atoms with E-state index in [-0.39, 0.29) is 16.1 Å². The second-order valence-electron chi connectivity index (χ2n) is 3.38. The first-order valence-corrected chi connectivity index (χ1v) is 5.91. The summed E-state index contributed by atoms with van der Waals surface area (Å²) in [6.45, 7) is 0. The Hall–Kier alpha value is -1.80. The van der Waals surface area contributed by atoms with Crippen LogP contribution in [0, 0.1) is 10.1 Å². The molecule has 17 heavy (non-hydrogen) atoms. The number of aldehydes is 1. The van der Waals surface area contributed by atoms with Crippen LogP contribution in [0.5, 0.6) is 0 Å². The van der Waals surface area contributed by atoms with Gasteiger partial charge in [0.15, 0.2) is 6.29 Å². The Morgan fingerprint density at radius 1 is 1.35 bits per heavy atom. The Morgan fingerprint density at radius 3 is 2.35 bits per heavy atom. The zero-order valence-corrected chi connectivity index (χ0v) is 9.97. The van der Waals surface area contributed by atoms with Gasteiger partial charge in [-0.1, -0.05) is 0 Å². The summed E-state index contributed by atoms with van der Waals surface area (Å²) in [7, 11) is -1.32. The number of hydrogen-bond donors (Lipinski definition) is 0. The molecule has 0 unspecified atom stereocenters. The van der Waals surface area contributed by atoms with Crippen molar-refractivity contribution in [3.05, 3.63) is 33.9 Å². The highest BCUT2D eigenvalue weighted by atomic mass is 32.2. The summed E-state index contributed by atoms with van der Waals surface area (Å²) in [5, 5.41) is 10.6. The van der Waals surface area contributed by atoms with E-state index >= 15 is 0 Å². The van der Waals surface area contributed by atoms with E-state index in [2.05, 4.69) is 0 Å². The third-order valence-corrected chi connectivity index (χ3v) is 3.96. The van der Waals surface area contributed by atoms with E-state index in [0.717, 1.165) is 22.5 Å². The van der Waals surface area contributed by atoms with Gasteiger partial charge in [0.05, 0.1) is 9.82 Å². The van der Waals surface area contributed by atoms with Gasteiger partial charge in [-0.15, -0.1) is 0 Å². The van der Waals surface area contributed by atoms with Crippen molar-refractivity contribution in [1.82, 2.24) is 4.31 Å². The number of rotatable bonds is 4. The third kappa shape index (κ3) is 2.48. The molecule has 0 aliphatic heterocycles. The van der Waals surface area contributed by atoms with Gasteiger partial charge in [0.2, 0.25) is 10.0 Å². The lowest BCUT2D eigenvalue weighted by molar-refractivity contribution is -0.385. The van der Waals surface area contributed by atoms with Crippen molar-refractivity contribution in [3.63, 3.8) is 0 Å². The van der Waals surface area contributed by atoms with Gasteiger partial charge in [-0.3, -0.25) is 14.9 Å². The predicted molar refractivity (Wildman–Crippen MR) is 59.4 cm³/mol. The molecule has 0 aliphatic rings. The summed E-state index contributed by atoms with van der Waals surface area (Å²) in [4.78, 5) is 20.2. The van der Waals surface area contributed by atoms with Gasteiger partial charge >= 0.3 is 0 Å². The lowest BCUT2D eigenvalue weighted by Crippen LogP contribution is -2.23. The average molecular weight is 258 g/mol. The first-order valence-electron chi connectivity index (χ1n) is 4.47. The van der Waals surface area contributed by atoms with Crippen molar-refractivity contribution >= 4 is 22.0 Å². The van der Waals surface area contributed by atoms with Gasteiger partial charge in [-0.25, -0.2) is 12.7 Å². The van der Waals surface area contributed by atoms with Gasteiger partial charge in [0.1, 0.15) is 0 Å². The maximum atomic E-state index is 11.8. The van der Waals surface area contributed by atoms with Crippen LogP contribution in [-0.2, 0) is 10.0 Å². The Kier molecular flexibility index (Phi) is 3.59. The molecular formula is C9H10N2O5S. The molecule has 8 heteroatoms. The highest BCUT2D eigenvalue weighted by molar-refractivity contribution is 7.89. The summed E-state index contributed by atoms with van der Waals surface area (Å²) < 4.78 is 24.5. The second kappa shape index (κ2) is 4.60. The fourth-order valence-electron chi connectivity index (χ4n) is 1.15. The standard InChI is InChI=1S/C9H10N2O5S/c1-10(2)17(15,16)9-5-8(11(13)14)4-3-7(9)6-12/h3-6H,1-2H3. The predicted octanol–water partition coefficient (Wildman–Crippen LogP) is 0.658. The number of benzene rings is 1. The van der Waals surface area contributed by atoms with E-state index in [0.29, 0.717) is 6.29 Å². The topological polar surface area (TPSA) is 97.6 Å². The van der Waals surface area contributed by atoms with Crippen LogP contribution in [0.25, 0.3) is 0 Å². The molecule has 0 saturated carbocycles. The zero-order chi connectivity index (χ0) is 13.2. The number of hydrogen-bond acceptors (Lipinski definition) is 5. The second-order valence-corrected chi connectivity index (χ2v) is 5.50. The van der Waals surface area contributed by atoms with Crippen molar-refractivity contribution in [2.24, 2.45) is 0 Å². The van der Waals surface area contributed by atoms with Gasteiger partial charge in [-0.2, -0.15) is 0 Å². The van der Waals surface area contributed by atoms with E-state index in [1.54, 1.807) is 0 Å². The molecule has 0 fully saturated rings. The SMILES string of the molecule is CN(C)S(=O)(=O)c1cc([N+](=O)[O-])ccc1C=O. The molecular weight excluding hydrogens is 248 g/mol. The Labute approximate surface area is 97.9 Å². The first kappa shape index (κ1) is 13.3. The highest BCUT2D eigenvalue weighted by Gasteiger charge is 2.23. The van der Waals surface area contributed by atoms with Gasteiger partial charge in [-0.05, 0) is 6.07 Å². The van der Waals surface area contributed by atoms with E-state index < -0.39 is 14.9 Å². The zero-order valence-electron chi connectivity index (χ0n) is 9.15. The lowest BCUT2D eigenvalue weighted by Gasteiger charge is -2.12. The van der Waals surface area contributed by atoms with E-state index in [9.17, 15) is 23.3 Å². The normalized spacial score (nSPS) is 11.5. The third-order valence-electron chi connectivity index (χ3n) is 2.09. The summed E-state index contributed by atoms with van der Waals surface area (Å²) in [6, 6.07) is 3.07. The molecule has 0 amide bonds. The fourth-order valence-corrected chi connectivity index (χ4v) is 2.23. The van der Waals surface area contributed by atoms with Crippen molar-refractivity contribution in [3.8, 4) is 0 Å². The summed E-state index contributed by atoms with van der Waals surface area (Å²) in [5.74, 6) is 0. The van der Waals surface area contributed by atoms with Crippen molar-refractivity contribution in [1.29, 1.82) is 0 Å². The molecule has 0 aliphatic carbocycles. The molecule has 0 saturated heterocycles. The van der Waals surface area contributed by atoms with Gasteiger partial charge in [0, 0.05) is 31.8 Å². The molecule has 0 atom stereocenters.